The van der Waals surface area contributed by atoms with Crippen LogP contribution in [0.1, 0.15) is 79.7 Å². The Morgan fingerprint density at radius 3 is 2.00 bits per heavy atom. The summed E-state index contributed by atoms with van der Waals surface area (Å²) in [6.07, 6.45) is 2.05. The molecule has 0 bridgehead atoms. The van der Waals surface area contributed by atoms with Gasteiger partial charge in [-0.25, -0.2) is 0 Å². The largest absolute Gasteiger partial charge is 0.466 e. The number of ether oxygens (including phenoxy) is 1. The molecule has 23 heavy (non-hydrogen) atoms. The fourth-order valence-electron chi connectivity index (χ4n) is 2.68. The summed E-state index contributed by atoms with van der Waals surface area (Å²) in [7, 11) is 0. The maximum absolute atomic E-state index is 12.3. The van der Waals surface area contributed by atoms with Crippen molar-refractivity contribution in [2.24, 2.45) is 10.8 Å². The molecule has 0 spiro atoms. The maximum Gasteiger partial charge on any atom is 0.312 e. The van der Waals surface area contributed by atoms with E-state index in [9.17, 15) is 4.79 Å². The predicted octanol–water partition coefficient (Wildman–Crippen LogP) is 6.21. The molecule has 1 atom stereocenters. The fraction of sp³-hybridized carbons (Fsp3) is 0.667. The van der Waals surface area contributed by atoms with Gasteiger partial charge in [0, 0.05) is 0 Å². The highest BCUT2D eigenvalue weighted by molar-refractivity contribution is 5.76. The van der Waals surface area contributed by atoms with Gasteiger partial charge >= 0.3 is 5.97 Å². The molecule has 0 aliphatic rings. The highest BCUT2D eigenvalue weighted by atomic mass is 16.5. The molecule has 0 radical (unpaired) electrons. The van der Waals surface area contributed by atoms with E-state index < -0.39 is 5.41 Å². The summed E-state index contributed by atoms with van der Waals surface area (Å²) in [6.45, 7) is 16.9. The molecule has 2 heteroatoms. The van der Waals surface area contributed by atoms with Crippen LogP contribution in [0.5, 0.6) is 0 Å². The lowest BCUT2D eigenvalue weighted by atomic mass is 9.63. The lowest BCUT2D eigenvalue weighted by molar-refractivity contribution is -0.161. The van der Waals surface area contributed by atoms with Crippen LogP contribution >= 0.6 is 0 Å². The average molecular weight is 321 g/mol. The highest BCUT2D eigenvalue weighted by Crippen LogP contribution is 2.46. The Kier molecular flexibility index (Phi) is 9.19. The van der Waals surface area contributed by atoms with Gasteiger partial charge in [-0.1, -0.05) is 65.0 Å². The molecule has 1 aromatic carbocycles. The van der Waals surface area contributed by atoms with E-state index in [1.807, 2.05) is 40.7 Å². The average Bonchev–Trinajstić information content (AvgIpc) is 2.55. The molecule has 1 unspecified atom stereocenters. The minimum atomic E-state index is -0.495. The van der Waals surface area contributed by atoms with Gasteiger partial charge in [-0.05, 0) is 50.5 Å². The second-order valence-corrected chi connectivity index (χ2v) is 6.95. The number of rotatable bonds is 7. The van der Waals surface area contributed by atoms with E-state index in [4.69, 9.17) is 4.74 Å². The molecule has 1 rings (SSSR count). The van der Waals surface area contributed by atoms with E-state index >= 15 is 0 Å². The molecule has 132 valence electrons. The van der Waals surface area contributed by atoms with Gasteiger partial charge in [0.2, 0.25) is 0 Å². The van der Waals surface area contributed by atoms with E-state index in [2.05, 4.69) is 45.0 Å². The van der Waals surface area contributed by atoms with Crippen LogP contribution in [0.15, 0.2) is 30.3 Å². The van der Waals surface area contributed by atoms with Crippen molar-refractivity contribution in [3.05, 3.63) is 35.9 Å². The molecule has 2 nitrogen and oxygen atoms in total. The first-order valence-electron chi connectivity index (χ1n) is 8.98. The SMILES string of the molecule is CC.CCOC(=O)C(C)(C)C(C)(C)CC(CC)c1ccccc1. The molecule has 0 aromatic heterocycles. The molecule has 0 saturated carbocycles. The number of hydrogen-bond acceptors (Lipinski definition) is 2. The minimum Gasteiger partial charge on any atom is -0.466 e. The van der Waals surface area contributed by atoms with Gasteiger partial charge in [0.15, 0.2) is 0 Å². The van der Waals surface area contributed by atoms with Crippen molar-refractivity contribution in [1.82, 2.24) is 0 Å². The molecule has 0 aliphatic carbocycles. The third-order valence-electron chi connectivity index (χ3n) is 5.00. The van der Waals surface area contributed by atoms with Crippen LogP contribution in [-0.2, 0) is 9.53 Å². The molecule has 1 aromatic rings. The number of hydrogen-bond donors (Lipinski definition) is 0. The Bertz CT molecular complexity index is 446. The number of benzene rings is 1. The van der Waals surface area contributed by atoms with Crippen molar-refractivity contribution in [2.75, 3.05) is 6.61 Å². The molecular formula is C21H36O2. The Morgan fingerprint density at radius 2 is 1.57 bits per heavy atom. The van der Waals surface area contributed by atoms with Gasteiger partial charge in [0.25, 0.3) is 0 Å². The predicted molar refractivity (Wildman–Crippen MR) is 99.6 cm³/mol. The molecule has 0 saturated heterocycles. The van der Waals surface area contributed by atoms with E-state index in [0.29, 0.717) is 12.5 Å². The van der Waals surface area contributed by atoms with Crippen molar-refractivity contribution >= 4 is 5.97 Å². The molecule has 0 amide bonds. The first-order chi connectivity index (χ1) is 10.8. The lowest BCUT2D eigenvalue weighted by Gasteiger charge is -2.41. The van der Waals surface area contributed by atoms with E-state index in [0.717, 1.165) is 12.8 Å². The summed E-state index contributed by atoms with van der Waals surface area (Å²) in [5, 5.41) is 0. The number of carbonyl (C=O) groups is 1. The van der Waals surface area contributed by atoms with E-state index in [-0.39, 0.29) is 11.4 Å². The molecule has 0 heterocycles. The summed E-state index contributed by atoms with van der Waals surface area (Å²) >= 11 is 0. The summed E-state index contributed by atoms with van der Waals surface area (Å²) in [4.78, 5) is 12.3. The first-order valence-corrected chi connectivity index (χ1v) is 8.98. The van der Waals surface area contributed by atoms with Crippen LogP contribution in [0.3, 0.4) is 0 Å². The minimum absolute atomic E-state index is 0.0992. The van der Waals surface area contributed by atoms with Crippen LogP contribution in [0.2, 0.25) is 0 Å². The third kappa shape index (κ3) is 5.67. The summed E-state index contributed by atoms with van der Waals surface area (Å²) in [6, 6.07) is 10.6. The van der Waals surface area contributed by atoms with Crippen molar-refractivity contribution in [2.45, 2.75) is 74.1 Å². The maximum atomic E-state index is 12.3. The molecule has 0 aliphatic heterocycles. The number of carbonyl (C=O) groups excluding carboxylic acids is 1. The second-order valence-electron chi connectivity index (χ2n) is 6.95. The fourth-order valence-corrected chi connectivity index (χ4v) is 2.68. The van der Waals surface area contributed by atoms with Crippen LogP contribution < -0.4 is 0 Å². The van der Waals surface area contributed by atoms with Crippen molar-refractivity contribution in [1.29, 1.82) is 0 Å². The van der Waals surface area contributed by atoms with Gasteiger partial charge in [-0.15, -0.1) is 0 Å². The van der Waals surface area contributed by atoms with Gasteiger partial charge in [0.1, 0.15) is 0 Å². The third-order valence-corrected chi connectivity index (χ3v) is 5.00. The van der Waals surface area contributed by atoms with Crippen LogP contribution in [0.25, 0.3) is 0 Å². The van der Waals surface area contributed by atoms with Crippen LogP contribution in [0, 0.1) is 10.8 Å². The van der Waals surface area contributed by atoms with Crippen molar-refractivity contribution < 1.29 is 9.53 Å². The van der Waals surface area contributed by atoms with Crippen LogP contribution in [-0.4, -0.2) is 12.6 Å². The number of esters is 1. The zero-order chi connectivity index (χ0) is 18.1. The molecule has 0 fully saturated rings. The van der Waals surface area contributed by atoms with Crippen molar-refractivity contribution in [3.8, 4) is 0 Å². The van der Waals surface area contributed by atoms with Gasteiger partial charge in [0.05, 0.1) is 12.0 Å². The Labute approximate surface area is 143 Å². The second kappa shape index (κ2) is 9.75. The lowest BCUT2D eigenvalue weighted by Crippen LogP contribution is -2.41. The molecule has 0 N–H and O–H groups in total. The zero-order valence-electron chi connectivity index (χ0n) is 16.4. The van der Waals surface area contributed by atoms with E-state index in [1.165, 1.54) is 5.56 Å². The quantitative estimate of drug-likeness (QED) is 0.558. The zero-order valence-corrected chi connectivity index (χ0v) is 16.4. The summed E-state index contributed by atoms with van der Waals surface area (Å²) < 4.78 is 5.28. The van der Waals surface area contributed by atoms with E-state index in [1.54, 1.807) is 0 Å². The smallest absolute Gasteiger partial charge is 0.312 e. The summed E-state index contributed by atoms with van der Waals surface area (Å²) in [5.41, 5.74) is 0.730. The Hall–Kier alpha value is -1.31. The summed E-state index contributed by atoms with van der Waals surface area (Å²) in [5.74, 6) is 0.368. The van der Waals surface area contributed by atoms with Gasteiger partial charge < -0.3 is 4.74 Å². The topological polar surface area (TPSA) is 26.3 Å². The normalized spacial score (nSPS) is 12.9. The van der Waals surface area contributed by atoms with Crippen molar-refractivity contribution in [3.63, 3.8) is 0 Å². The highest BCUT2D eigenvalue weighted by Gasteiger charge is 2.45. The Morgan fingerprint density at radius 1 is 1.04 bits per heavy atom. The first kappa shape index (κ1) is 21.7. The van der Waals surface area contributed by atoms with Crippen LogP contribution in [0.4, 0.5) is 0 Å². The van der Waals surface area contributed by atoms with Gasteiger partial charge in [-0.2, -0.15) is 0 Å². The standard InChI is InChI=1S/C19H30O2.C2H6/c1-7-15(16-12-10-9-11-13-16)14-18(3,4)19(5,6)17(20)21-8-2;1-2/h9-13,15H,7-8,14H2,1-6H3;1-2H3. The monoisotopic (exact) mass is 320 g/mol. The van der Waals surface area contributed by atoms with Gasteiger partial charge in [-0.3, -0.25) is 4.79 Å². The molecular weight excluding hydrogens is 284 g/mol. The Balaban J connectivity index is 0.00000232.